The van der Waals surface area contributed by atoms with Crippen molar-refractivity contribution in [2.75, 3.05) is 24.4 Å². The van der Waals surface area contributed by atoms with Crippen LogP contribution >= 0.6 is 11.6 Å². The van der Waals surface area contributed by atoms with Gasteiger partial charge >= 0.3 is 0 Å². The Morgan fingerprint density at radius 1 is 1.08 bits per heavy atom. The number of anilines is 2. The normalized spacial score (nSPS) is 10.0. The molecule has 2 aromatic rings. The molecule has 6 nitrogen and oxygen atoms in total. The first-order chi connectivity index (χ1) is 12.0. The van der Waals surface area contributed by atoms with Crippen LogP contribution in [0.15, 0.2) is 42.5 Å². The van der Waals surface area contributed by atoms with Gasteiger partial charge in [-0.3, -0.25) is 9.59 Å². The Kier molecular flexibility index (Phi) is 6.65. The molecule has 2 rings (SSSR count). The lowest BCUT2D eigenvalue weighted by Crippen LogP contribution is -2.20. The second-order valence-corrected chi connectivity index (χ2v) is 5.55. The summed E-state index contributed by atoms with van der Waals surface area (Å²) in [5.41, 5.74) is 1.08. The zero-order valence-corrected chi connectivity index (χ0v) is 14.7. The van der Waals surface area contributed by atoms with Crippen LogP contribution in [-0.2, 0) is 9.59 Å². The third-order valence-corrected chi connectivity index (χ3v) is 3.48. The van der Waals surface area contributed by atoms with Crippen molar-refractivity contribution in [1.82, 2.24) is 0 Å². The molecule has 25 heavy (non-hydrogen) atoms. The SMILES string of the molecule is CCC(=O)Nc1cccc(OCC(=O)Nc2cc(Cl)ccc2OC)c1. The summed E-state index contributed by atoms with van der Waals surface area (Å²) in [6, 6.07) is 11.8. The molecule has 0 unspecified atom stereocenters. The molecule has 0 saturated carbocycles. The zero-order chi connectivity index (χ0) is 18.2. The van der Waals surface area contributed by atoms with E-state index >= 15 is 0 Å². The van der Waals surface area contributed by atoms with Crippen molar-refractivity contribution in [3.8, 4) is 11.5 Å². The highest BCUT2D eigenvalue weighted by Gasteiger charge is 2.09. The third kappa shape index (κ3) is 5.69. The van der Waals surface area contributed by atoms with Gasteiger partial charge in [0.1, 0.15) is 11.5 Å². The number of methoxy groups -OCH3 is 1. The standard InChI is InChI=1S/C18H19ClN2O4/c1-3-17(22)20-13-5-4-6-14(10-13)25-11-18(23)21-15-9-12(19)7-8-16(15)24-2/h4-10H,3,11H2,1-2H3,(H,20,22)(H,21,23). The summed E-state index contributed by atoms with van der Waals surface area (Å²) in [6.07, 6.45) is 0.384. The van der Waals surface area contributed by atoms with E-state index in [4.69, 9.17) is 21.1 Å². The van der Waals surface area contributed by atoms with E-state index in [1.165, 1.54) is 7.11 Å². The number of carbonyl (C=O) groups is 2. The molecule has 7 heteroatoms. The first-order valence-electron chi connectivity index (χ1n) is 7.68. The van der Waals surface area contributed by atoms with Crippen LogP contribution in [0.3, 0.4) is 0 Å². The van der Waals surface area contributed by atoms with Crippen molar-refractivity contribution in [3.05, 3.63) is 47.5 Å². The fourth-order valence-electron chi connectivity index (χ4n) is 2.03. The molecule has 2 aromatic carbocycles. The lowest BCUT2D eigenvalue weighted by Gasteiger charge is -2.12. The molecule has 0 aliphatic carbocycles. The summed E-state index contributed by atoms with van der Waals surface area (Å²) in [4.78, 5) is 23.5. The number of nitrogens with one attached hydrogen (secondary N) is 2. The molecule has 0 heterocycles. The Balaban J connectivity index is 1.95. The summed E-state index contributed by atoms with van der Waals surface area (Å²) in [7, 11) is 1.51. The Bertz CT molecular complexity index is 764. The first kappa shape index (κ1) is 18.6. The molecule has 0 saturated heterocycles. The van der Waals surface area contributed by atoms with E-state index in [1.807, 2.05) is 0 Å². The third-order valence-electron chi connectivity index (χ3n) is 3.24. The number of ether oxygens (including phenoxy) is 2. The second kappa shape index (κ2) is 8.94. The molecule has 2 amide bonds. The summed E-state index contributed by atoms with van der Waals surface area (Å²) < 4.78 is 10.6. The molecule has 2 N–H and O–H groups in total. The van der Waals surface area contributed by atoms with Gasteiger partial charge in [-0.15, -0.1) is 0 Å². The van der Waals surface area contributed by atoms with Crippen LogP contribution in [0.4, 0.5) is 11.4 Å². The fourth-order valence-corrected chi connectivity index (χ4v) is 2.20. The highest BCUT2D eigenvalue weighted by atomic mass is 35.5. The number of hydrogen-bond acceptors (Lipinski definition) is 4. The van der Waals surface area contributed by atoms with Crippen LogP contribution in [0.2, 0.25) is 5.02 Å². The summed E-state index contributed by atoms with van der Waals surface area (Å²) in [5.74, 6) is 0.524. The quantitative estimate of drug-likeness (QED) is 0.787. The van der Waals surface area contributed by atoms with Crippen LogP contribution in [-0.4, -0.2) is 25.5 Å². The maximum Gasteiger partial charge on any atom is 0.262 e. The van der Waals surface area contributed by atoms with Gasteiger partial charge in [0, 0.05) is 23.2 Å². The topological polar surface area (TPSA) is 76.7 Å². The van der Waals surface area contributed by atoms with Gasteiger partial charge in [0.25, 0.3) is 5.91 Å². The van der Waals surface area contributed by atoms with Crippen LogP contribution in [0.25, 0.3) is 0 Å². The van der Waals surface area contributed by atoms with Gasteiger partial charge in [-0.25, -0.2) is 0 Å². The highest BCUT2D eigenvalue weighted by Crippen LogP contribution is 2.27. The van der Waals surface area contributed by atoms with E-state index in [2.05, 4.69) is 10.6 Å². The van der Waals surface area contributed by atoms with Crippen LogP contribution in [0.5, 0.6) is 11.5 Å². The van der Waals surface area contributed by atoms with Gasteiger partial charge in [0.15, 0.2) is 6.61 Å². The lowest BCUT2D eigenvalue weighted by molar-refractivity contribution is -0.118. The Hall–Kier alpha value is -2.73. The zero-order valence-electron chi connectivity index (χ0n) is 14.0. The van der Waals surface area contributed by atoms with Crippen molar-refractivity contribution < 1.29 is 19.1 Å². The number of halogens is 1. The minimum Gasteiger partial charge on any atom is -0.495 e. The number of amides is 2. The number of hydrogen-bond donors (Lipinski definition) is 2. The van der Waals surface area contributed by atoms with E-state index < -0.39 is 0 Å². The van der Waals surface area contributed by atoms with Gasteiger partial charge in [0.2, 0.25) is 5.91 Å². The minimum absolute atomic E-state index is 0.0945. The van der Waals surface area contributed by atoms with Crippen molar-refractivity contribution >= 4 is 34.8 Å². The van der Waals surface area contributed by atoms with Gasteiger partial charge in [0.05, 0.1) is 12.8 Å². The van der Waals surface area contributed by atoms with Gasteiger partial charge in [-0.2, -0.15) is 0 Å². The molecule has 0 fully saturated rings. The van der Waals surface area contributed by atoms with E-state index in [9.17, 15) is 9.59 Å². The Morgan fingerprint density at radius 2 is 1.88 bits per heavy atom. The molecule has 0 bridgehead atoms. The highest BCUT2D eigenvalue weighted by molar-refractivity contribution is 6.31. The molecule has 0 radical (unpaired) electrons. The Labute approximate surface area is 151 Å². The molecular weight excluding hydrogens is 344 g/mol. The molecule has 0 aliphatic heterocycles. The summed E-state index contributed by atoms with van der Waals surface area (Å²) in [5, 5.41) is 5.90. The van der Waals surface area contributed by atoms with Gasteiger partial charge < -0.3 is 20.1 Å². The Morgan fingerprint density at radius 3 is 2.60 bits per heavy atom. The van der Waals surface area contributed by atoms with Gasteiger partial charge in [-0.1, -0.05) is 24.6 Å². The number of rotatable bonds is 7. The molecule has 0 atom stereocenters. The molecule has 132 valence electrons. The predicted octanol–water partition coefficient (Wildman–Crippen LogP) is 3.71. The maximum absolute atomic E-state index is 12.1. The van der Waals surface area contributed by atoms with Crippen LogP contribution in [0, 0.1) is 0 Å². The van der Waals surface area contributed by atoms with Gasteiger partial charge in [-0.05, 0) is 30.3 Å². The van der Waals surface area contributed by atoms with Crippen LogP contribution in [0.1, 0.15) is 13.3 Å². The van der Waals surface area contributed by atoms with E-state index in [0.717, 1.165) is 0 Å². The van der Waals surface area contributed by atoms with Crippen molar-refractivity contribution in [2.45, 2.75) is 13.3 Å². The second-order valence-electron chi connectivity index (χ2n) is 5.11. The molecular formula is C18H19ClN2O4. The smallest absolute Gasteiger partial charge is 0.262 e. The summed E-state index contributed by atoms with van der Waals surface area (Å²) >= 11 is 5.93. The van der Waals surface area contributed by atoms with E-state index in [0.29, 0.717) is 34.3 Å². The maximum atomic E-state index is 12.1. The minimum atomic E-state index is -0.358. The molecule has 0 aromatic heterocycles. The average Bonchev–Trinajstić information content (AvgIpc) is 2.60. The average molecular weight is 363 g/mol. The number of carbonyl (C=O) groups excluding carboxylic acids is 2. The molecule has 0 aliphatic rings. The fraction of sp³-hybridized carbons (Fsp3) is 0.222. The lowest BCUT2D eigenvalue weighted by atomic mass is 10.3. The molecule has 0 spiro atoms. The summed E-state index contributed by atoms with van der Waals surface area (Å²) in [6.45, 7) is 1.57. The van der Waals surface area contributed by atoms with Crippen LogP contribution < -0.4 is 20.1 Å². The monoisotopic (exact) mass is 362 g/mol. The van der Waals surface area contributed by atoms with E-state index in [-0.39, 0.29) is 18.4 Å². The first-order valence-corrected chi connectivity index (χ1v) is 8.05. The predicted molar refractivity (Wildman–Crippen MR) is 97.5 cm³/mol. The van der Waals surface area contributed by atoms with E-state index in [1.54, 1.807) is 49.4 Å². The van der Waals surface area contributed by atoms with Crippen molar-refractivity contribution in [1.29, 1.82) is 0 Å². The number of benzene rings is 2. The van der Waals surface area contributed by atoms with Crippen molar-refractivity contribution in [2.24, 2.45) is 0 Å². The largest absolute Gasteiger partial charge is 0.495 e. The van der Waals surface area contributed by atoms with Crippen molar-refractivity contribution in [3.63, 3.8) is 0 Å².